The van der Waals surface area contributed by atoms with E-state index in [4.69, 9.17) is 9.47 Å². The summed E-state index contributed by atoms with van der Waals surface area (Å²) in [6, 6.07) is 27.6. The molecule has 0 N–H and O–H groups in total. The molecule has 0 aliphatic carbocycles. The number of benzene rings is 3. The van der Waals surface area contributed by atoms with Crippen molar-refractivity contribution in [3.8, 4) is 0 Å². The Balaban J connectivity index is 1.92. The van der Waals surface area contributed by atoms with E-state index in [2.05, 4.69) is 0 Å². The molecule has 0 aromatic heterocycles. The second kappa shape index (κ2) is 11.5. The number of nitrogens with zero attached hydrogens (tertiary/aromatic N) is 3. The number of hydrogen-bond donors (Lipinski definition) is 0. The second-order valence-corrected chi connectivity index (χ2v) is 8.13. The highest BCUT2D eigenvalue weighted by molar-refractivity contribution is 6.01. The molecule has 186 valence electrons. The van der Waals surface area contributed by atoms with Gasteiger partial charge in [-0.3, -0.25) is 4.79 Å². The molecule has 1 saturated heterocycles. The standard InChI is InChI=1S/C28H29N3O5/c1-3-35-27(33)30-25(23-18-12-7-13-19-23)29(20-21-14-8-5-9-15-21)26(31(30)28(34)36-4-2)24(32)22-16-10-6-11-17-22/h5-19,25-26H,3-4,20H2,1-2H3/t25-,26+/m1/s1. The molecule has 2 amide bonds. The maximum Gasteiger partial charge on any atom is 0.431 e. The fourth-order valence-electron chi connectivity index (χ4n) is 4.34. The highest BCUT2D eigenvalue weighted by Gasteiger charge is 2.55. The van der Waals surface area contributed by atoms with E-state index in [1.807, 2.05) is 71.6 Å². The first kappa shape index (κ1) is 24.9. The first-order valence-electron chi connectivity index (χ1n) is 11.9. The number of carbonyl (C=O) groups excluding carboxylic acids is 3. The molecule has 1 aliphatic rings. The van der Waals surface area contributed by atoms with Crippen molar-refractivity contribution < 1.29 is 23.9 Å². The van der Waals surface area contributed by atoms with Crippen molar-refractivity contribution in [2.45, 2.75) is 32.7 Å². The van der Waals surface area contributed by atoms with Gasteiger partial charge in [0.05, 0.1) is 13.2 Å². The van der Waals surface area contributed by atoms with Crippen LogP contribution >= 0.6 is 0 Å². The topological polar surface area (TPSA) is 79.4 Å². The Labute approximate surface area is 210 Å². The predicted octanol–water partition coefficient (Wildman–Crippen LogP) is 5.24. The van der Waals surface area contributed by atoms with Crippen molar-refractivity contribution in [1.29, 1.82) is 0 Å². The summed E-state index contributed by atoms with van der Waals surface area (Å²) in [7, 11) is 0. The van der Waals surface area contributed by atoms with Crippen LogP contribution in [0.25, 0.3) is 0 Å². The van der Waals surface area contributed by atoms with E-state index in [-0.39, 0.29) is 25.5 Å². The van der Waals surface area contributed by atoms with Gasteiger partial charge in [-0.1, -0.05) is 91.0 Å². The largest absolute Gasteiger partial charge is 0.448 e. The number of hydrazine groups is 1. The fraction of sp³-hybridized carbons (Fsp3) is 0.250. The monoisotopic (exact) mass is 487 g/mol. The SMILES string of the molecule is CCOC(=O)N1[C@H](c2ccccc2)N(Cc2ccccc2)[C@H](C(=O)c2ccccc2)N1C(=O)OCC. The molecule has 0 unspecified atom stereocenters. The highest BCUT2D eigenvalue weighted by atomic mass is 16.6. The van der Waals surface area contributed by atoms with Gasteiger partial charge in [0.25, 0.3) is 0 Å². The summed E-state index contributed by atoms with van der Waals surface area (Å²) in [5.74, 6) is -0.340. The molecule has 8 heteroatoms. The van der Waals surface area contributed by atoms with Crippen molar-refractivity contribution >= 4 is 18.0 Å². The summed E-state index contributed by atoms with van der Waals surface area (Å²) in [6.45, 7) is 3.83. The molecule has 8 nitrogen and oxygen atoms in total. The van der Waals surface area contributed by atoms with Crippen LogP contribution in [0, 0.1) is 0 Å². The molecule has 0 saturated carbocycles. The average molecular weight is 488 g/mol. The van der Waals surface area contributed by atoms with Crippen molar-refractivity contribution in [3.05, 3.63) is 108 Å². The molecule has 3 aromatic carbocycles. The Hall–Kier alpha value is -4.17. The number of ether oxygens (including phenoxy) is 2. The van der Waals surface area contributed by atoms with Gasteiger partial charge in [-0.2, -0.15) is 10.0 Å². The molecule has 2 atom stereocenters. The van der Waals surface area contributed by atoms with E-state index in [1.165, 1.54) is 5.01 Å². The van der Waals surface area contributed by atoms with Gasteiger partial charge >= 0.3 is 12.2 Å². The lowest BCUT2D eigenvalue weighted by Gasteiger charge is -2.30. The molecule has 3 aromatic rings. The van der Waals surface area contributed by atoms with Crippen molar-refractivity contribution in [2.24, 2.45) is 0 Å². The van der Waals surface area contributed by atoms with Crippen molar-refractivity contribution in [3.63, 3.8) is 0 Å². The zero-order chi connectivity index (χ0) is 25.5. The highest BCUT2D eigenvalue weighted by Crippen LogP contribution is 2.40. The number of rotatable bonds is 7. The Morgan fingerprint density at radius 2 is 1.19 bits per heavy atom. The van der Waals surface area contributed by atoms with E-state index in [9.17, 15) is 14.4 Å². The molecule has 1 heterocycles. The quantitative estimate of drug-likeness (QED) is 0.424. The van der Waals surface area contributed by atoms with Crippen molar-refractivity contribution in [2.75, 3.05) is 13.2 Å². The van der Waals surface area contributed by atoms with E-state index in [0.29, 0.717) is 5.56 Å². The van der Waals surface area contributed by atoms with Gasteiger partial charge in [-0.05, 0) is 25.0 Å². The van der Waals surface area contributed by atoms with Crippen LogP contribution in [-0.2, 0) is 16.0 Å². The second-order valence-electron chi connectivity index (χ2n) is 8.13. The van der Waals surface area contributed by atoms with E-state index < -0.39 is 24.5 Å². The lowest BCUT2D eigenvalue weighted by molar-refractivity contribution is -0.0186. The summed E-state index contributed by atoms with van der Waals surface area (Å²) < 4.78 is 10.7. The smallest absolute Gasteiger partial charge is 0.431 e. The minimum atomic E-state index is -1.15. The van der Waals surface area contributed by atoms with Gasteiger partial charge in [-0.25, -0.2) is 14.5 Å². The maximum absolute atomic E-state index is 14.0. The molecule has 0 bridgehead atoms. The van der Waals surface area contributed by atoms with E-state index in [0.717, 1.165) is 16.1 Å². The van der Waals surface area contributed by atoms with E-state index in [1.54, 1.807) is 38.1 Å². The van der Waals surface area contributed by atoms with Crippen LogP contribution in [-0.4, -0.2) is 52.3 Å². The third-order valence-corrected chi connectivity index (χ3v) is 5.83. The van der Waals surface area contributed by atoms with Crippen LogP contribution in [0.5, 0.6) is 0 Å². The minimum absolute atomic E-state index is 0.0763. The molecule has 1 fully saturated rings. The summed E-state index contributed by atoms with van der Waals surface area (Å²) >= 11 is 0. The average Bonchev–Trinajstić information content (AvgIpc) is 3.25. The lowest BCUT2D eigenvalue weighted by Crippen LogP contribution is -2.52. The molecule has 0 spiro atoms. The fourth-order valence-corrected chi connectivity index (χ4v) is 4.34. The van der Waals surface area contributed by atoms with Gasteiger partial charge in [0, 0.05) is 12.1 Å². The van der Waals surface area contributed by atoms with Gasteiger partial charge in [0.2, 0.25) is 5.78 Å². The molecule has 36 heavy (non-hydrogen) atoms. The predicted molar refractivity (Wildman–Crippen MR) is 133 cm³/mol. The van der Waals surface area contributed by atoms with Crippen LogP contribution in [0.2, 0.25) is 0 Å². The normalized spacial score (nSPS) is 17.6. The molecular formula is C28H29N3O5. The number of hydrogen-bond acceptors (Lipinski definition) is 6. The van der Waals surface area contributed by atoms with Crippen LogP contribution < -0.4 is 0 Å². The molecular weight excluding hydrogens is 458 g/mol. The number of amides is 2. The number of ketones is 1. The van der Waals surface area contributed by atoms with Crippen LogP contribution in [0.3, 0.4) is 0 Å². The first-order chi connectivity index (χ1) is 17.6. The Kier molecular flexibility index (Phi) is 7.97. The van der Waals surface area contributed by atoms with Crippen LogP contribution in [0.4, 0.5) is 9.59 Å². The van der Waals surface area contributed by atoms with Gasteiger partial charge in [-0.15, -0.1) is 0 Å². The number of Topliss-reactive ketones (excluding diaryl/α,β-unsaturated/α-hetero) is 1. The van der Waals surface area contributed by atoms with Crippen LogP contribution in [0.15, 0.2) is 91.0 Å². The third kappa shape index (κ3) is 5.08. The summed E-state index contributed by atoms with van der Waals surface area (Å²) in [5, 5.41) is 2.29. The van der Waals surface area contributed by atoms with Gasteiger partial charge in [0.1, 0.15) is 6.17 Å². The third-order valence-electron chi connectivity index (χ3n) is 5.83. The van der Waals surface area contributed by atoms with E-state index >= 15 is 0 Å². The van der Waals surface area contributed by atoms with Gasteiger partial charge < -0.3 is 9.47 Å². The Morgan fingerprint density at radius 3 is 1.75 bits per heavy atom. The number of carbonyl (C=O) groups is 3. The minimum Gasteiger partial charge on any atom is -0.448 e. The van der Waals surface area contributed by atoms with Crippen LogP contribution in [0.1, 0.15) is 41.5 Å². The summed E-state index contributed by atoms with van der Waals surface area (Å²) in [6.07, 6.45) is -3.51. The zero-order valence-corrected chi connectivity index (χ0v) is 20.3. The Bertz CT molecular complexity index is 1170. The molecule has 0 radical (unpaired) electrons. The molecule has 1 aliphatic heterocycles. The molecule has 4 rings (SSSR count). The first-order valence-corrected chi connectivity index (χ1v) is 11.9. The summed E-state index contributed by atoms with van der Waals surface area (Å²) in [5.41, 5.74) is 2.05. The maximum atomic E-state index is 14.0. The zero-order valence-electron chi connectivity index (χ0n) is 20.3. The van der Waals surface area contributed by atoms with Gasteiger partial charge in [0.15, 0.2) is 6.17 Å². The summed E-state index contributed by atoms with van der Waals surface area (Å²) in [4.78, 5) is 42.6. The van der Waals surface area contributed by atoms with Crippen molar-refractivity contribution in [1.82, 2.24) is 14.9 Å². The lowest BCUT2D eigenvalue weighted by atomic mass is 10.1. The Morgan fingerprint density at radius 1 is 0.694 bits per heavy atom.